The summed E-state index contributed by atoms with van der Waals surface area (Å²) in [6.07, 6.45) is 2.22. The normalized spacial score (nSPS) is 15.9. The van der Waals surface area contributed by atoms with Gasteiger partial charge in [0, 0.05) is 15.6 Å². The number of rotatable bonds is 5. The first kappa shape index (κ1) is 19.6. The molecule has 0 aliphatic carbocycles. The Kier molecular flexibility index (Phi) is 5.12. The second-order valence-corrected chi connectivity index (χ2v) is 8.27. The highest BCUT2D eigenvalue weighted by molar-refractivity contribution is 9.10. The first-order valence-corrected chi connectivity index (χ1v) is 10.1. The number of carbonyl (C=O) groups is 1. The number of amides is 1. The van der Waals surface area contributed by atoms with E-state index in [1.807, 2.05) is 0 Å². The molecule has 0 spiro atoms. The molecule has 0 saturated heterocycles. The molecule has 1 aliphatic heterocycles. The molecule has 1 unspecified atom stereocenters. The van der Waals surface area contributed by atoms with Crippen molar-refractivity contribution in [3.8, 4) is 5.75 Å². The highest BCUT2D eigenvalue weighted by Gasteiger charge is 2.44. The van der Waals surface area contributed by atoms with E-state index in [1.54, 1.807) is 31.4 Å². The van der Waals surface area contributed by atoms with Crippen LogP contribution in [0.25, 0.3) is 0 Å². The second-order valence-electron chi connectivity index (χ2n) is 7.36. The highest BCUT2D eigenvalue weighted by Crippen LogP contribution is 2.43. The summed E-state index contributed by atoms with van der Waals surface area (Å²) in [5.74, 6) is 0.643. The van der Waals surface area contributed by atoms with Gasteiger partial charge in [0.15, 0.2) is 0 Å². The number of nitrogens with one attached hydrogen (secondary N) is 1. The standard InChI is InChI=1S/C21H20BrFN4O2/c1-11(2)8-16-18-19(26-25-16)21(28)27(17-7-5-13(29-3)10-24-17)20(18)14-6-4-12(22)9-15(14)23/h4-7,9-11,20H,8H2,1-3H3,(H,25,26). The third kappa shape index (κ3) is 3.42. The minimum absolute atomic E-state index is 0.285. The Bertz CT molecular complexity index is 1070. The van der Waals surface area contributed by atoms with Gasteiger partial charge in [-0.2, -0.15) is 5.10 Å². The van der Waals surface area contributed by atoms with Gasteiger partial charge in [-0.25, -0.2) is 9.37 Å². The number of H-pyrrole nitrogens is 1. The quantitative estimate of drug-likeness (QED) is 0.603. The van der Waals surface area contributed by atoms with Crippen molar-refractivity contribution in [2.75, 3.05) is 12.0 Å². The number of benzene rings is 1. The Balaban J connectivity index is 1.89. The van der Waals surface area contributed by atoms with Gasteiger partial charge in [-0.3, -0.25) is 14.8 Å². The third-order valence-electron chi connectivity index (χ3n) is 4.91. The summed E-state index contributed by atoms with van der Waals surface area (Å²) in [6, 6.07) is 7.63. The number of methoxy groups -OCH3 is 1. The molecule has 0 bridgehead atoms. The van der Waals surface area contributed by atoms with Crippen LogP contribution in [0.5, 0.6) is 5.75 Å². The maximum atomic E-state index is 15.0. The van der Waals surface area contributed by atoms with E-state index < -0.39 is 11.9 Å². The number of hydrogen-bond acceptors (Lipinski definition) is 4. The molecule has 8 heteroatoms. The summed E-state index contributed by atoms with van der Waals surface area (Å²) in [4.78, 5) is 19.1. The van der Waals surface area contributed by atoms with Gasteiger partial charge in [0.1, 0.15) is 23.1 Å². The molecule has 6 nitrogen and oxygen atoms in total. The Labute approximate surface area is 176 Å². The van der Waals surface area contributed by atoms with Gasteiger partial charge in [-0.05, 0) is 36.6 Å². The molecule has 150 valence electrons. The predicted octanol–water partition coefficient (Wildman–Crippen LogP) is 4.66. The monoisotopic (exact) mass is 458 g/mol. The van der Waals surface area contributed by atoms with Crippen LogP contribution in [0, 0.1) is 11.7 Å². The number of carbonyl (C=O) groups excluding carboxylic acids is 1. The van der Waals surface area contributed by atoms with Gasteiger partial charge in [0.05, 0.1) is 25.0 Å². The van der Waals surface area contributed by atoms with Crippen LogP contribution in [0.1, 0.15) is 47.2 Å². The molecule has 1 N–H and O–H groups in total. The first-order chi connectivity index (χ1) is 13.9. The summed E-state index contributed by atoms with van der Waals surface area (Å²) in [5.41, 5.74) is 2.25. The van der Waals surface area contributed by atoms with Crippen molar-refractivity contribution in [3.05, 3.63) is 69.3 Å². The fourth-order valence-corrected chi connectivity index (χ4v) is 3.98. The zero-order chi connectivity index (χ0) is 20.7. The second kappa shape index (κ2) is 7.59. The highest BCUT2D eigenvalue weighted by atomic mass is 79.9. The molecule has 1 amide bonds. The van der Waals surface area contributed by atoms with E-state index in [4.69, 9.17) is 4.74 Å². The lowest BCUT2D eigenvalue weighted by atomic mass is 9.95. The molecule has 0 radical (unpaired) electrons. The van der Waals surface area contributed by atoms with E-state index in [9.17, 15) is 9.18 Å². The van der Waals surface area contributed by atoms with E-state index in [-0.39, 0.29) is 5.91 Å². The number of anilines is 1. The number of nitrogens with zero attached hydrogens (tertiary/aromatic N) is 3. The van der Waals surface area contributed by atoms with Crippen molar-refractivity contribution in [2.24, 2.45) is 5.92 Å². The SMILES string of the molecule is COc1ccc(N2C(=O)c3[nH]nc(CC(C)C)c3C2c2ccc(Br)cc2F)nc1. The van der Waals surface area contributed by atoms with E-state index in [1.165, 1.54) is 17.2 Å². The molecular formula is C21H20BrFN4O2. The lowest BCUT2D eigenvalue weighted by Gasteiger charge is -2.26. The summed E-state index contributed by atoms with van der Waals surface area (Å²) in [6.45, 7) is 4.16. The van der Waals surface area contributed by atoms with Crippen LogP contribution in [0.15, 0.2) is 41.0 Å². The number of fused-ring (bicyclic) bond motifs is 1. The number of aromatic amines is 1. The summed E-state index contributed by atoms with van der Waals surface area (Å²) in [7, 11) is 1.55. The van der Waals surface area contributed by atoms with E-state index >= 15 is 0 Å². The molecule has 0 fully saturated rings. The summed E-state index contributed by atoms with van der Waals surface area (Å²) >= 11 is 3.30. The van der Waals surface area contributed by atoms with Crippen molar-refractivity contribution in [1.82, 2.24) is 15.2 Å². The van der Waals surface area contributed by atoms with E-state index in [2.05, 4.69) is 45.0 Å². The molecular weight excluding hydrogens is 439 g/mol. The molecule has 3 heterocycles. The molecule has 4 rings (SSSR count). The van der Waals surface area contributed by atoms with Gasteiger partial charge in [0.25, 0.3) is 5.91 Å². The number of aromatic nitrogens is 3. The minimum Gasteiger partial charge on any atom is -0.495 e. The topological polar surface area (TPSA) is 71.1 Å². The van der Waals surface area contributed by atoms with Crippen LogP contribution < -0.4 is 9.64 Å². The van der Waals surface area contributed by atoms with Gasteiger partial charge in [0.2, 0.25) is 0 Å². The lowest BCUT2D eigenvalue weighted by molar-refractivity contribution is 0.0987. The number of hydrogen-bond donors (Lipinski definition) is 1. The Hall–Kier alpha value is -2.74. The zero-order valence-corrected chi connectivity index (χ0v) is 17.8. The van der Waals surface area contributed by atoms with Crippen molar-refractivity contribution in [1.29, 1.82) is 0 Å². The van der Waals surface area contributed by atoms with Gasteiger partial charge in [-0.15, -0.1) is 0 Å². The van der Waals surface area contributed by atoms with Crippen LogP contribution in [-0.2, 0) is 6.42 Å². The Morgan fingerprint density at radius 1 is 1.31 bits per heavy atom. The third-order valence-corrected chi connectivity index (χ3v) is 5.40. The van der Waals surface area contributed by atoms with E-state index in [0.29, 0.717) is 45.2 Å². The molecule has 0 saturated carbocycles. The van der Waals surface area contributed by atoms with Crippen LogP contribution in [-0.4, -0.2) is 28.2 Å². The van der Waals surface area contributed by atoms with Crippen molar-refractivity contribution in [2.45, 2.75) is 26.3 Å². The molecule has 3 aromatic rings. The Morgan fingerprint density at radius 3 is 2.72 bits per heavy atom. The van der Waals surface area contributed by atoms with E-state index in [0.717, 1.165) is 5.69 Å². The minimum atomic E-state index is -0.654. The largest absolute Gasteiger partial charge is 0.495 e. The zero-order valence-electron chi connectivity index (χ0n) is 16.2. The fourth-order valence-electron chi connectivity index (χ4n) is 3.64. The summed E-state index contributed by atoms with van der Waals surface area (Å²) in [5, 5.41) is 7.23. The van der Waals surface area contributed by atoms with Gasteiger partial charge in [-0.1, -0.05) is 35.8 Å². The lowest BCUT2D eigenvalue weighted by Crippen LogP contribution is -2.30. The maximum Gasteiger partial charge on any atom is 0.278 e. The number of halogens is 2. The molecule has 2 aromatic heterocycles. The van der Waals surface area contributed by atoms with Crippen molar-refractivity contribution in [3.63, 3.8) is 0 Å². The molecule has 1 aromatic carbocycles. The van der Waals surface area contributed by atoms with Gasteiger partial charge >= 0.3 is 0 Å². The van der Waals surface area contributed by atoms with Gasteiger partial charge < -0.3 is 4.74 Å². The molecule has 29 heavy (non-hydrogen) atoms. The van der Waals surface area contributed by atoms with Crippen molar-refractivity contribution < 1.29 is 13.9 Å². The van der Waals surface area contributed by atoms with Crippen LogP contribution in [0.4, 0.5) is 10.2 Å². The first-order valence-electron chi connectivity index (χ1n) is 9.26. The number of ether oxygens (including phenoxy) is 1. The smallest absolute Gasteiger partial charge is 0.278 e. The predicted molar refractivity (Wildman–Crippen MR) is 111 cm³/mol. The molecule has 1 aliphatic rings. The average molecular weight is 459 g/mol. The average Bonchev–Trinajstić information content (AvgIpc) is 3.21. The Morgan fingerprint density at radius 2 is 2.10 bits per heavy atom. The number of pyridine rings is 1. The molecule has 1 atom stereocenters. The van der Waals surface area contributed by atoms with Crippen LogP contribution in [0.2, 0.25) is 0 Å². The van der Waals surface area contributed by atoms with Crippen LogP contribution >= 0.6 is 15.9 Å². The summed E-state index contributed by atoms with van der Waals surface area (Å²) < 4.78 is 20.8. The fraction of sp³-hybridized carbons (Fsp3) is 0.286. The van der Waals surface area contributed by atoms with Crippen LogP contribution in [0.3, 0.4) is 0 Å². The van der Waals surface area contributed by atoms with Crippen molar-refractivity contribution >= 4 is 27.7 Å². The maximum absolute atomic E-state index is 15.0.